The second-order valence-corrected chi connectivity index (χ2v) is 6.41. The van der Waals surface area contributed by atoms with Crippen molar-refractivity contribution in [2.45, 2.75) is 50.0 Å². The van der Waals surface area contributed by atoms with E-state index in [2.05, 4.69) is 30.3 Å². The van der Waals surface area contributed by atoms with E-state index in [9.17, 15) is 5.11 Å². The van der Waals surface area contributed by atoms with Crippen LogP contribution in [0, 0.1) is 0 Å². The highest BCUT2D eigenvalue weighted by atomic mass is 16.3. The van der Waals surface area contributed by atoms with Crippen LogP contribution < -0.4 is 4.90 Å². The minimum absolute atomic E-state index is 0.0612. The van der Waals surface area contributed by atoms with Gasteiger partial charge in [0.2, 0.25) is 0 Å². The van der Waals surface area contributed by atoms with Gasteiger partial charge in [-0.25, -0.2) is 0 Å². The Balaban J connectivity index is 1.71. The molecular formula is C17H26NO+. The normalized spacial score (nSPS) is 24.7. The van der Waals surface area contributed by atoms with E-state index in [1.807, 2.05) is 0 Å². The van der Waals surface area contributed by atoms with Gasteiger partial charge >= 0.3 is 0 Å². The molecule has 1 saturated carbocycles. The van der Waals surface area contributed by atoms with E-state index >= 15 is 0 Å². The fraction of sp³-hybridized carbons (Fsp3) is 0.647. The van der Waals surface area contributed by atoms with E-state index in [1.54, 1.807) is 4.90 Å². The Morgan fingerprint density at radius 2 is 1.68 bits per heavy atom. The molecule has 3 rings (SSSR count). The Hall–Kier alpha value is -0.860. The number of piperidine rings is 1. The Morgan fingerprint density at radius 1 is 1.00 bits per heavy atom. The quantitative estimate of drug-likeness (QED) is 0.843. The Labute approximate surface area is 116 Å². The van der Waals surface area contributed by atoms with Gasteiger partial charge in [0, 0.05) is 5.41 Å². The van der Waals surface area contributed by atoms with Crippen LogP contribution >= 0.6 is 0 Å². The Kier molecular flexibility index (Phi) is 3.90. The van der Waals surface area contributed by atoms with Gasteiger partial charge in [-0.2, -0.15) is 0 Å². The second-order valence-electron chi connectivity index (χ2n) is 6.41. The maximum absolute atomic E-state index is 10.8. The summed E-state index contributed by atoms with van der Waals surface area (Å²) in [6, 6.07) is 10.7. The lowest BCUT2D eigenvalue weighted by Gasteiger charge is -2.46. The van der Waals surface area contributed by atoms with E-state index in [0.29, 0.717) is 0 Å². The van der Waals surface area contributed by atoms with Crippen LogP contribution in [0.5, 0.6) is 0 Å². The molecule has 1 saturated heterocycles. The van der Waals surface area contributed by atoms with Crippen LogP contribution in [0.1, 0.15) is 44.1 Å². The standard InChI is InChI=1S/C17H25NO/c19-16(14-18-12-5-2-6-13-18)17(10-7-11-17)15-8-3-1-4-9-15/h1,3-4,8-9,16,19H,2,5-7,10-14H2/p+1. The minimum atomic E-state index is -0.170. The number of quaternary nitrogens is 1. The van der Waals surface area contributed by atoms with E-state index in [1.165, 1.54) is 44.3 Å². The van der Waals surface area contributed by atoms with Crippen LogP contribution in [-0.2, 0) is 5.41 Å². The van der Waals surface area contributed by atoms with Crippen molar-refractivity contribution in [1.29, 1.82) is 0 Å². The molecule has 1 aromatic rings. The topological polar surface area (TPSA) is 24.7 Å². The summed E-state index contributed by atoms with van der Waals surface area (Å²) in [6.07, 6.45) is 7.46. The first kappa shape index (κ1) is 13.1. The van der Waals surface area contributed by atoms with Crippen LogP contribution in [0.3, 0.4) is 0 Å². The number of hydrogen-bond acceptors (Lipinski definition) is 1. The van der Waals surface area contributed by atoms with E-state index in [4.69, 9.17) is 0 Å². The molecule has 1 aromatic carbocycles. The van der Waals surface area contributed by atoms with Gasteiger partial charge in [0.25, 0.3) is 0 Å². The maximum atomic E-state index is 10.8. The van der Waals surface area contributed by atoms with Crippen LogP contribution in [-0.4, -0.2) is 30.8 Å². The van der Waals surface area contributed by atoms with Gasteiger partial charge < -0.3 is 10.0 Å². The van der Waals surface area contributed by atoms with Crippen molar-refractivity contribution in [2.75, 3.05) is 19.6 Å². The van der Waals surface area contributed by atoms with Gasteiger partial charge in [0.1, 0.15) is 12.6 Å². The highest BCUT2D eigenvalue weighted by molar-refractivity contribution is 5.29. The van der Waals surface area contributed by atoms with Crippen LogP contribution in [0.25, 0.3) is 0 Å². The Bertz CT molecular complexity index is 393. The SMILES string of the molecule is OC(C[NH+]1CCCCC1)C1(c2ccccc2)CCC1. The minimum Gasteiger partial charge on any atom is -0.386 e. The average molecular weight is 260 g/mol. The van der Waals surface area contributed by atoms with Crippen molar-refractivity contribution in [3.05, 3.63) is 35.9 Å². The predicted octanol–water partition coefficient (Wildman–Crippen LogP) is 1.54. The van der Waals surface area contributed by atoms with Crippen molar-refractivity contribution in [1.82, 2.24) is 0 Å². The van der Waals surface area contributed by atoms with Gasteiger partial charge in [0.15, 0.2) is 0 Å². The summed E-state index contributed by atoms with van der Waals surface area (Å²) in [6.45, 7) is 3.44. The number of aliphatic hydroxyl groups is 1. The van der Waals surface area contributed by atoms with Crippen molar-refractivity contribution < 1.29 is 10.0 Å². The molecule has 19 heavy (non-hydrogen) atoms. The zero-order valence-corrected chi connectivity index (χ0v) is 11.8. The van der Waals surface area contributed by atoms with Crippen LogP contribution in [0.15, 0.2) is 30.3 Å². The lowest BCUT2D eigenvalue weighted by Crippen LogP contribution is -3.14. The largest absolute Gasteiger partial charge is 0.386 e. The smallest absolute Gasteiger partial charge is 0.112 e. The van der Waals surface area contributed by atoms with Gasteiger partial charge in [-0.1, -0.05) is 36.8 Å². The fourth-order valence-corrected chi connectivity index (χ4v) is 3.87. The number of rotatable bonds is 4. The molecule has 0 aromatic heterocycles. The molecule has 1 atom stereocenters. The lowest BCUT2D eigenvalue weighted by molar-refractivity contribution is -0.908. The van der Waals surface area contributed by atoms with E-state index < -0.39 is 0 Å². The molecule has 2 N–H and O–H groups in total. The first-order valence-electron chi connectivity index (χ1n) is 7.88. The number of nitrogens with one attached hydrogen (secondary N) is 1. The number of aliphatic hydroxyl groups excluding tert-OH is 1. The molecule has 1 unspecified atom stereocenters. The highest BCUT2D eigenvalue weighted by Crippen LogP contribution is 2.46. The monoisotopic (exact) mass is 260 g/mol. The number of hydrogen-bond donors (Lipinski definition) is 2. The van der Waals surface area contributed by atoms with Gasteiger partial charge in [-0.15, -0.1) is 0 Å². The fourth-order valence-electron chi connectivity index (χ4n) is 3.87. The number of likely N-dealkylation sites (tertiary alicyclic amines) is 1. The maximum Gasteiger partial charge on any atom is 0.112 e. The summed E-state index contributed by atoms with van der Waals surface area (Å²) < 4.78 is 0. The van der Waals surface area contributed by atoms with Gasteiger partial charge in [0.05, 0.1) is 13.1 Å². The third kappa shape index (κ3) is 2.56. The van der Waals surface area contributed by atoms with E-state index in [0.717, 1.165) is 19.4 Å². The van der Waals surface area contributed by atoms with Gasteiger partial charge in [-0.3, -0.25) is 0 Å². The lowest BCUT2D eigenvalue weighted by atomic mass is 9.61. The number of benzene rings is 1. The first-order valence-corrected chi connectivity index (χ1v) is 7.88. The molecule has 0 radical (unpaired) electrons. The van der Waals surface area contributed by atoms with Crippen molar-refractivity contribution >= 4 is 0 Å². The molecule has 2 heteroatoms. The molecule has 1 heterocycles. The summed E-state index contributed by atoms with van der Waals surface area (Å²) >= 11 is 0. The first-order chi connectivity index (χ1) is 9.31. The third-order valence-electron chi connectivity index (χ3n) is 5.28. The molecule has 1 aliphatic heterocycles. The third-order valence-corrected chi connectivity index (χ3v) is 5.28. The van der Waals surface area contributed by atoms with Crippen molar-refractivity contribution in [2.24, 2.45) is 0 Å². The summed E-state index contributed by atoms with van der Waals surface area (Å²) in [4.78, 5) is 1.61. The molecule has 0 bridgehead atoms. The molecule has 1 aliphatic carbocycles. The predicted molar refractivity (Wildman–Crippen MR) is 77.4 cm³/mol. The zero-order chi connectivity index (χ0) is 13.1. The summed E-state index contributed by atoms with van der Waals surface area (Å²) in [5, 5.41) is 10.8. The molecule has 104 valence electrons. The molecular weight excluding hydrogens is 234 g/mol. The molecule has 2 aliphatic rings. The van der Waals surface area contributed by atoms with Crippen LogP contribution in [0.4, 0.5) is 0 Å². The van der Waals surface area contributed by atoms with Crippen molar-refractivity contribution in [3.63, 3.8) is 0 Å². The van der Waals surface area contributed by atoms with E-state index in [-0.39, 0.29) is 11.5 Å². The van der Waals surface area contributed by atoms with Crippen LogP contribution in [0.2, 0.25) is 0 Å². The average Bonchev–Trinajstić information content (AvgIpc) is 2.40. The van der Waals surface area contributed by atoms with Gasteiger partial charge in [-0.05, 0) is 37.7 Å². The molecule has 2 fully saturated rings. The molecule has 0 amide bonds. The summed E-state index contributed by atoms with van der Waals surface area (Å²) in [7, 11) is 0. The second kappa shape index (κ2) is 5.64. The molecule has 0 spiro atoms. The van der Waals surface area contributed by atoms with Crippen molar-refractivity contribution in [3.8, 4) is 0 Å². The zero-order valence-electron chi connectivity index (χ0n) is 11.8. The molecule has 2 nitrogen and oxygen atoms in total. The highest BCUT2D eigenvalue weighted by Gasteiger charge is 2.46. The Morgan fingerprint density at radius 3 is 2.26 bits per heavy atom. The summed E-state index contributed by atoms with van der Waals surface area (Å²) in [5.74, 6) is 0. The summed E-state index contributed by atoms with van der Waals surface area (Å²) in [5.41, 5.74) is 1.41.